The van der Waals surface area contributed by atoms with Gasteiger partial charge in [0.15, 0.2) is 17.5 Å². The third-order valence-corrected chi connectivity index (χ3v) is 10.4. The molecule has 1 aliphatic heterocycles. The molecule has 2 aliphatic rings. The van der Waals surface area contributed by atoms with Gasteiger partial charge in [-0.1, -0.05) is 115 Å². The van der Waals surface area contributed by atoms with Gasteiger partial charge in [0.05, 0.1) is 11.0 Å². The van der Waals surface area contributed by atoms with E-state index in [0.717, 1.165) is 39.3 Å². The molecule has 1 atom stereocenters. The molecule has 47 heavy (non-hydrogen) atoms. The lowest BCUT2D eigenvalue weighted by Crippen LogP contribution is -2.32. The van der Waals surface area contributed by atoms with Crippen LogP contribution in [0.5, 0.6) is 11.5 Å². The summed E-state index contributed by atoms with van der Waals surface area (Å²) < 4.78 is 8.22. The van der Waals surface area contributed by atoms with Crippen molar-refractivity contribution >= 4 is 21.4 Å². The first kappa shape index (κ1) is 26.3. The summed E-state index contributed by atoms with van der Waals surface area (Å²) in [5.41, 5.74) is 9.37. The van der Waals surface area contributed by atoms with E-state index in [1.165, 1.54) is 32.3 Å². The number of hydrogen-bond acceptors (Lipinski definition) is 5. The maximum absolute atomic E-state index is 6.95. The maximum atomic E-state index is 6.95. The third kappa shape index (κ3) is 3.78. The van der Waals surface area contributed by atoms with Crippen molar-refractivity contribution < 1.29 is 4.74 Å². The Morgan fingerprint density at radius 1 is 0.468 bits per heavy atom. The number of hydrogen-bond donors (Lipinski definition) is 0. The van der Waals surface area contributed by atoms with Gasteiger partial charge in [0, 0.05) is 27.0 Å². The number of benzene rings is 6. The van der Waals surface area contributed by atoms with E-state index in [2.05, 4.69) is 84.2 Å². The Morgan fingerprint density at radius 3 is 1.85 bits per heavy atom. The number of rotatable bonds is 3. The monoisotopic (exact) mass is 619 g/mol. The minimum Gasteiger partial charge on any atom is -0.456 e. The molecule has 4 nitrogen and oxygen atoms in total. The summed E-state index contributed by atoms with van der Waals surface area (Å²) in [4.78, 5) is 15.1. The van der Waals surface area contributed by atoms with Crippen LogP contribution in [0.4, 0.5) is 0 Å². The molecule has 0 saturated heterocycles. The van der Waals surface area contributed by atoms with Gasteiger partial charge >= 0.3 is 0 Å². The molecule has 5 heteroatoms. The summed E-state index contributed by atoms with van der Waals surface area (Å²) in [5, 5.41) is 3.44. The summed E-state index contributed by atoms with van der Waals surface area (Å²) in [5.74, 6) is 3.42. The molecule has 1 aliphatic carbocycles. The number of thiophene rings is 1. The predicted molar refractivity (Wildman–Crippen MR) is 189 cm³/mol. The molecule has 6 aromatic carbocycles. The van der Waals surface area contributed by atoms with Crippen molar-refractivity contribution in [2.24, 2.45) is 0 Å². The van der Waals surface area contributed by atoms with Crippen LogP contribution in [0.2, 0.25) is 0 Å². The molecule has 0 amide bonds. The third-order valence-electron chi connectivity index (χ3n) is 9.48. The highest BCUT2D eigenvalue weighted by Crippen LogP contribution is 2.63. The summed E-state index contributed by atoms with van der Waals surface area (Å²) in [6.07, 6.45) is 0. The second kappa shape index (κ2) is 10.0. The van der Waals surface area contributed by atoms with Gasteiger partial charge in [0.1, 0.15) is 11.5 Å². The normalized spacial score (nSPS) is 15.5. The van der Waals surface area contributed by atoms with Crippen LogP contribution < -0.4 is 4.74 Å². The summed E-state index contributed by atoms with van der Waals surface area (Å²) >= 11 is 1.78. The molecule has 3 heterocycles. The average molecular weight is 620 g/mol. The van der Waals surface area contributed by atoms with Crippen molar-refractivity contribution in [3.63, 3.8) is 0 Å². The number of nitrogens with zero attached hydrogens (tertiary/aromatic N) is 3. The molecule has 0 saturated carbocycles. The highest BCUT2D eigenvalue weighted by Gasteiger charge is 2.51. The van der Waals surface area contributed by atoms with Crippen LogP contribution in [0.25, 0.3) is 55.4 Å². The molecule has 1 spiro atoms. The molecule has 0 radical (unpaired) electrons. The van der Waals surface area contributed by atoms with E-state index in [4.69, 9.17) is 19.7 Å². The molecular weight excluding hydrogens is 595 g/mol. The second-order valence-corrected chi connectivity index (χ2v) is 12.9. The van der Waals surface area contributed by atoms with Crippen molar-refractivity contribution in [1.29, 1.82) is 0 Å². The zero-order valence-electron chi connectivity index (χ0n) is 25.1. The van der Waals surface area contributed by atoms with E-state index in [-0.39, 0.29) is 0 Å². The smallest absolute Gasteiger partial charge is 0.167 e. The van der Waals surface area contributed by atoms with Crippen LogP contribution in [0, 0.1) is 0 Å². The van der Waals surface area contributed by atoms with E-state index in [9.17, 15) is 0 Å². The van der Waals surface area contributed by atoms with Gasteiger partial charge in [-0.15, -0.1) is 11.3 Å². The zero-order chi connectivity index (χ0) is 31.0. The molecule has 0 N–H and O–H groups in total. The number of fused-ring (bicyclic) bond motifs is 10. The molecule has 220 valence electrons. The SMILES string of the molecule is c1ccc(-c2nc(-c3ccccc3)nc(-c3cccc4c3Oc3ccccc3C43c4ccccc4-c4cc5ccsc5cc43)n2)cc1. The van der Waals surface area contributed by atoms with Gasteiger partial charge in [-0.2, -0.15) is 0 Å². The zero-order valence-corrected chi connectivity index (χ0v) is 25.9. The molecule has 0 fully saturated rings. The van der Waals surface area contributed by atoms with Crippen molar-refractivity contribution in [2.75, 3.05) is 0 Å². The van der Waals surface area contributed by atoms with Gasteiger partial charge in [0.25, 0.3) is 0 Å². The Bertz CT molecular complexity index is 2450. The first-order valence-electron chi connectivity index (χ1n) is 15.7. The van der Waals surface area contributed by atoms with Gasteiger partial charge in [-0.3, -0.25) is 0 Å². The summed E-state index contributed by atoms with van der Waals surface area (Å²) in [6, 6.07) is 50.9. The van der Waals surface area contributed by atoms with Gasteiger partial charge in [-0.25, -0.2) is 15.0 Å². The van der Waals surface area contributed by atoms with Crippen molar-refractivity contribution in [1.82, 2.24) is 15.0 Å². The van der Waals surface area contributed by atoms with Crippen LogP contribution in [0.15, 0.2) is 151 Å². The van der Waals surface area contributed by atoms with Crippen LogP contribution in [0.1, 0.15) is 22.3 Å². The molecule has 8 aromatic rings. The molecular formula is C42H25N3OS. The van der Waals surface area contributed by atoms with Crippen LogP contribution in [-0.2, 0) is 5.41 Å². The highest BCUT2D eigenvalue weighted by atomic mass is 32.1. The molecule has 2 aromatic heterocycles. The Hall–Kier alpha value is -5.91. The fourth-order valence-electron chi connectivity index (χ4n) is 7.48. The minimum absolute atomic E-state index is 0.573. The lowest BCUT2D eigenvalue weighted by molar-refractivity contribution is 0.438. The Kier molecular flexibility index (Phi) is 5.63. The standard InChI is InChI=1S/C42H25N3OS/c1-3-12-26(13-4-1)39-43-40(27-14-5-2-6-15-27)45-41(44-39)30-17-11-20-34-38(30)46-36-21-10-9-19-33(36)42(34)32-18-8-7-16-29(32)31-24-28-22-23-47-37(28)25-35(31)42/h1-25H. The van der Waals surface area contributed by atoms with E-state index in [1.807, 2.05) is 66.7 Å². The molecule has 10 rings (SSSR count). The molecule has 1 unspecified atom stereocenters. The van der Waals surface area contributed by atoms with E-state index < -0.39 is 5.41 Å². The lowest BCUT2D eigenvalue weighted by Gasteiger charge is -2.40. The average Bonchev–Trinajstić information content (AvgIpc) is 3.72. The van der Waals surface area contributed by atoms with Crippen LogP contribution in [-0.4, -0.2) is 15.0 Å². The van der Waals surface area contributed by atoms with Gasteiger partial charge < -0.3 is 4.74 Å². The van der Waals surface area contributed by atoms with Gasteiger partial charge in [-0.05, 0) is 63.4 Å². The summed E-state index contributed by atoms with van der Waals surface area (Å²) in [6.45, 7) is 0. The largest absolute Gasteiger partial charge is 0.456 e. The first-order valence-corrected chi connectivity index (χ1v) is 16.6. The fourth-order valence-corrected chi connectivity index (χ4v) is 8.29. The number of ether oxygens (including phenoxy) is 1. The topological polar surface area (TPSA) is 47.9 Å². The van der Waals surface area contributed by atoms with E-state index in [1.54, 1.807) is 11.3 Å². The fraction of sp³-hybridized carbons (Fsp3) is 0.0238. The second-order valence-electron chi connectivity index (χ2n) is 12.0. The van der Waals surface area contributed by atoms with Crippen LogP contribution >= 0.6 is 11.3 Å². The van der Waals surface area contributed by atoms with Crippen molar-refractivity contribution in [2.45, 2.75) is 5.41 Å². The molecule has 0 bridgehead atoms. The quantitative estimate of drug-likeness (QED) is 0.197. The van der Waals surface area contributed by atoms with Crippen molar-refractivity contribution in [3.8, 4) is 56.8 Å². The minimum atomic E-state index is -0.582. The Balaban J connectivity index is 1.29. The number of para-hydroxylation sites is 2. The van der Waals surface area contributed by atoms with E-state index in [0.29, 0.717) is 17.5 Å². The Labute approximate surface area is 275 Å². The lowest BCUT2D eigenvalue weighted by atomic mass is 9.65. The number of aromatic nitrogens is 3. The van der Waals surface area contributed by atoms with Crippen molar-refractivity contribution in [3.05, 3.63) is 173 Å². The summed E-state index contributed by atoms with van der Waals surface area (Å²) in [7, 11) is 0. The first-order chi connectivity index (χ1) is 23.3. The maximum Gasteiger partial charge on any atom is 0.167 e. The van der Waals surface area contributed by atoms with Gasteiger partial charge in [0.2, 0.25) is 0 Å². The van der Waals surface area contributed by atoms with Crippen LogP contribution in [0.3, 0.4) is 0 Å². The Morgan fingerprint density at radius 2 is 1.09 bits per heavy atom. The predicted octanol–water partition coefficient (Wildman–Crippen LogP) is 10.6. The van der Waals surface area contributed by atoms with E-state index >= 15 is 0 Å². The highest BCUT2D eigenvalue weighted by molar-refractivity contribution is 7.17.